The summed E-state index contributed by atoms with van der Waals surface area (Å²) in [6, 6.07) is 3.02. The Hall–Kier alpha value is -2.05. The maximum atomic E-state index is 12.1. The van der Waals surface area contributed by atoms with E-state index >= 15 is 0 Å². The van der Waals surface area contributed by atoms with Gasteiger partial charge >= 0.3 is 12.1 Å². The van der Waals surface area contributed by atoms with Gasteiger partial charge < -0.3 is 9.64 Å². The van der Waals surface area contributed by atoms with E-state index in [1.165, 1.54) is 6.07 Å². The van der Waals surface area contributed by atoms with Gasteiger partial charge in [-0.1, -0.05) is 0 Å². The summed E-state index contributed by atoms with van der Waals surface area (Å²) in [4.78, 5) is 17.9. The zero-order valence-corrected chi connectivity index (χ0v) is 13.0. The molecule has 0 N–H and O–H groups in total. The van der Waals surface area contributed by atoms with Gasteiger partial charge in [0.05, 0.1) is 17.6 Å². The van der Waals surface area contributed by atoms with Crippen molar-refractivity contribution >= 4 is 18.0 Å². The third kappa shape index (κ3) is 5.05. The average Bonchev–Trinajstić information content (AvgIpc) is 2.45. The van der Waals surface area contributed by atoms with Crippen molar-refractivity contribution < 1.29 is 22.7 Å². The Kier molecular flexibility index (Phi) is 5.96. The Bertz CT molecular complexity index is 569. The molecular formula is C15H19F3N2O2. The molecule has 0 unspecified atom stereocenters. The van der Waals surface area contributed by atoms with Crippen molar-refractivity contribution in [3.8, 4) is 0 Å². The van der Waals surface area contributed by atoms with E-state index in [4.69, 9.17) is 0 Å². The molecule has 0 radical (unpaired) electrons. The van der Waals surface area contributed by atoms with Gasteiger partial charge in [-0.3, -0.25) is 0 Å². The molecule has 0 saturated carbocycles. The summed E-state index contributed by atoms with van der Waals surface area (Å²) in [5.74, 6) is -0.987. The van der Waals surface area contributed by atoms with Crippen LogP contribution in [0.1, 0.15) is 28.4 Å². The first-order chi connectivity index (χ1) is 10.2. The molecule has 0 aliphatic carbocycles. The topological polar surface area (TPSA) is 41.9 Å². The van der Waals surface area contributed by atoms with Gasteiger partial charge in [-0.15, -0.1) is 0 Å². The Morgan fingerprint density at radius 1 is 1.32 bits per heavy atom. The van der Waals surface area contributed by atoms with Crippen LogP contribution in [0.15, 0.2) is 17.1 Å². The van der Waals surface area contributed by atoms with Crippen LogP contribution in [0.5, 0.6) is 0 Å². The van der Waals surface area contributed by atoms with Gasteiger partial charge in [0.2, 0.25) is 0 Å². The molecule has 0 fully saturated rings. The molecule has 0 heterocycles. The third-order valence-electron chi connectivity index (χ3n) is 3.24. The van der Waals surface area contributed by atoms with Gasteiger partial charge in [0.25, 0.3) is 0 Å². The van der Waals surface area contributed by atoms with Crippen LogP contribution in [0.25, 0.3) is 0 Å². The monoisotopic (exact) mass is 316 g/mol. The minimum Gasteiger partial charge on any atom is -0.452 e. The van der Waals surface area contributed by atoms with Gasteiger partial charge in [0.1, 0.15) is 0 Å². The van der Waals surface area contributed by atoms with Crippen molar-refractivity contribution in [2.24, 2.45) is 4.99 Å². The van der Waals surface area contributed by atoms with E-state index in [0.717, 1.165) is 12.1 Å². The number of carbonyl (C=O) groups excluding carboxylic acids is 1. The SMILES string of the molecule is CCN(C)C=Nc1ccc(C(=O)OCC(F)(F)F)c(C)c1C. The van der Waals surface area contributed by atoms with E-state index in [1.54, 1.807) is 26.3 Å². The summed E-state index contributed by atoms with van der Waals surface area (Å²) >= 11 is 0. The number of ether oxygens (including phenoxy) is 1. The van der Waals surface area contributed by atoms with E-state index in [1.807, 2.05) is 18.9 Å². The first kappa shape index (κ1) is 18.0. The zero-order valence-electron chi connectivity index (χ0n) is 13.0. The van der Waals surface area contributed by atoms with Crippen LogP contribution in [0.3, 0.4) is 0 Å². The van der Waals surface area contributed by atoms with Crippen molar-refractivity contribution in [1.29, 1.82) is 0 Å². The number of hydrogen-bond donors (Lipinski definition) is 0. The average molecular weight is 316 g/mol. The molecule has 0 aliphatic rings. The van der Waals surface area contributed by atoms with E-state index in [2.05, 4.69) is 9.73 Å². The summed E-state index contributed by atoms with van der Waals surface area (Å²) < 4.78 is 40.5. The lowest BCUT2D eigenvalue weighted by atomic mass is 10.0. The number of esters is 1. The highest BCUT2D eigenvalue weighted by Gasteiger charge is 2.30. The van der Waals surface area contributed by atoms with Crippen molar-refractivity contribution in [2.75, 3.05) is 20.2 Å². The molecule has 0 saturated heterocycles. The van der Waals surface area contributed by atoms with Crippen LogP contribution in [-0.2, 0) is 4.74 Å². The van der Waals surface area contributed by atoms with Gasteiger partial charge in [-0.05, 0) is 44.0 Å². The van der Waals surface area contributed by atoms with Crippen LogP contribution in [-0.4, -0.2) is 43.6 Å². The van der Waals surface area contributed by atoms with Crippen molar-refractivity contribution in [3.05, 3.63) is 28.8 Å². The van der Waals surface area contributed by atoms with Gasteiger partial charge in [-0.2, -0.15) is 13.2 Å². The van der Waals surface area contributed by atoms with E-state index in [9.17, 15) is 18.0 Å². The predicted molar refractivity (Wildman–Crippen MR) is 78.7 cm³/mol. The lowest BCUT2D eigenvalue weighted by molar-refractivity contribution is -0.161. The number of hydrogen-bond acceptors (Lipinski definition) is 3. The van der Waals surface area contributed by atoms with Crippen LogP contribution in [0, 0.1) is 13.8 Å². The van der Waals surface area contributed by atoms with Crippen LogP contribution >= 0.6 is 0 Å². The molecule has 1 rings (SSSR count). The van der Waals surface area contributed by atoms with Gasteiger partial charge in [-0.25, -0.2) is 9.79 Å². The third-order valence-corrected chi connectivity index (χ3v) is 3.24. The normalized spacial score (nSPS) is 11.8. The maximum Gasteiger partial charge on any atom is 0.422 e. The smallest absolute Gasteiger partial charge is 0.422 e. The maximum absolute atomic E-state index is 12.1. The fourth-order valence-electron chi connectivity index (χ4n) is 1.63. The molecule has 1 aromatic carbocycles. The highest BCUT2D eigenvalue weighted by Crippen LogP contribution is 2.25. The molecule has 4 nitrogen and oxygen atoms in total. The molecule has 122 valence electrons. The zero-order chi connectivity index (χ0) is 16.9. The summed E-state index contributed by atoms with van der Waals surface area (Å²) in [5, 5.41) is 0. The molecule has 0 bridgehead atoms. The van der Waals surface area contributed by atoms with Crippen molar-refractivity contribution in [3.63, 3.8) is 0 Å². The van der Waals surface area contributed by atoms with Gasteiger partial charge in [0.15, 0.2) is 6.61 Å². The number of benzene rings is 1. The van der Waals surface area contributed by atoms with Crippen molar-refractivity contribution in [1.82, 2.24) is 4.90 Å². The summed E-state index contributed by atoms with van der Waals surface area (Å²) in [6.45, 7) is 4.59. The Labute approximate surface area is 127 Å². The molecule has 7 heteroatoms. The quantitative estimate of drug-likeness (QED) is 0.473. The Balaban J connectivity index is 2.94. The predicted octanol–water partition coefficient (Wildman–Crippen LogP) is 3.63. The number of halogens is 3. The van der Waals surface area contributed by atoms with Crippen LogP contribution in [0.4, 0.5) is 18.9 Å². The molecule has 1 aromatic rings. The number of aliphatic imine (C=N–C) groups is 1. The lowest BCUT2D eigenvalue weighted by Gasteiger charge is -2.13. The Morgan fingerprint density at radius 3 is 2.50 bits per heavy atom. The highest BCUT2D eigenvalue weighted by atomic mass is 19.4. The summed E-state index contributed by atoms with van der Waals surface area (Å²) in [5.41, 5.74) is 2.05. The van der Waals surface area contributed by atoms with E-state index in [0.29, 0.717) is 11.3 Å². The first-order valence-corrected chi connectivity index (χ1v) is 6.74. The Morgan fingerprint density at radius 2 is 1.95 bits per heavy atom. The van der Waals surface area contributed by atoms with E-state index < -0.39 is 18.8 Å². The number of rotatable bonds is 5. The number of nitrogens with zero attached hydrogens (tertiary/aromatic N) is 2. The first-order valence-electron chi connectivity index (χ1n) is 6.74. The molecule has 0 amide bonds. The fourth-order valence-corrected chi connectivity index (χ4v) is 1.63. The second kappa shape index (κ2) is 7.29. The largest absolute Gasteiger partial charge is 0.452 e. The number of carbonyl (C=O) groups is 1. The van der Waals surface area contributed by atoms with Crippen LogP contribution < -0.4 is 0 Å². The minimum atomic E-state index is -4.53. The van der Waals surface area contributed by atoms with Crippen LogP contribution in [0.2, 0.25) is 0 Å². The summed E-state index contributed by atoms with van der Waals surface area (Å²) in [7, 11) is 1.87. The highest BCUT2D eigenvalue weighted by molar-refractivity contribution is 5.92. The lowest BCUT2D eigenvalue weighted by Crippen LogP contribution is -2.21. The molecule has 0 aliphatic heterocycles. The van der Waals surface area contributed by atoms with Gasteiger partial charge in [0, 0.05) is 13.6 Å². The molecule has 0 aromatic heterocycles. The second-order valence-electron chi connectivity index (χ2n) is 4.89. The molecule has 22 heavy (non-hydrogen) atoms. The summed E-state index contributed by atoms with van der Waals surface area (Å²) in [6.07, 6.45) is -2.88. The minimum absolute atomic E-state index is 0.115. The standard InChI is InChI=1S/C15H19F3N2O2/c1-5-20(4)9-19-13-7-6-12(10(2)11(13)3)14(21)22-8-15(16,17)18/h6-7,9H,5,8H2,1-4H3. The second-order valence-corrected chi connectivity index (χ2v) is 4.89. The number of alkyl halides is 3. The van der Waals surface area contributed by atoms with E-state index in [-0.39, 0.29) is 5.56 Å². The van der Waals surface area contributed by atoms with Crippen molar-refractivity contribution in [2.45, 2.75) is 26.9 Å². The molecule has 0 spiro atoms. The molecule has 0 atom stereocenters. The molecular weight excluding hydrogens is 297 g/mol. The fraction of sp³-hybridized carbons (Fsp3) is 0.467.